The Bertz CT molecular complexity index is 1010. The molecule has 0 aliphatic carbocycles. The van der Waals surface area contributed by atoms with Crippen LogP contribution in [0.25, 0.3) is 0 Å². The Morgan fingerprint density at radius 1 is 0.853 bits per heavy atom. The molecule has 2 aliphatic heterocycles. The first kappa shape index (κ1) is 23.8. The quantitative estimate of drug-likeness (QED) is 0.725. The van der Waals surface area contributed by atoms with Crippen LogP contribution in [0.1, 0.15) is 40.7 Å². The number of nitrogens with one attached hydrogen (secondary N) is 2. The van der Waals surface area contributed by atoms with Crippen molar-refractivity contribution in [1.29, 1.82) is 0 Å². The number of benzene rings is 2. The molecular formula is C26H32N4O4. The number of hydrogen-bond donors (Lipinski definition) is 2. The lowest BCUT2D eigenvalue weighted by Gasteiger charge is -2.29. The van der Waals surface area contributed by atoms with Gasteiger partial charge in [0.2, 0.25) is 11.8 Å². The van der Waals surface area contributed by atoms with E-state index in [0.29, 0.717) is 50.6 Å². The molecular weight excluding hydrogens is 432 g/mol. The fraction of sp³-hybridized carbons (Fsp3) is 0.423. The fourth-order valence-electron chi connectivity index (χ4n) is 4.35. The summed E-state index contributed by atoms with van der Waals surface area (Å²) in [5.74, 6) is 0.275. The van der Waals surface area contributed by atoms with Crippen molar-refractivity contribution >= 4 is 17.7 Å². The molecule has 8 heteroatoms. The number of nitrogens with zero attached hydrogens (tertiary/aromatic N) is 2. The zero-order valence-electron chi connectivity index (χ0n) is 19.4. The molecule has 34 heavy (non-hydrogen) atoms. The first-order chi connectivity index (χ1) is 16.6. The van der Waals surface area contributed by atoms with Gasteiger partial charge < -0.3 is 20.3 Å². The average Bonchev–Trinajstić information content (AvgIpc) is 2.85. The highest BCUT2D eigenvalue weighted by molar-refractivity contribution is 5.98. The second-order valence-corrected chi connectivity index (χ2v) is 8.75. The molecule has 0 saturated carbocycles. The van der Waals surface area contributed by atoms with E-state index >= 15 is 0 Å². The number of carbonyl (C=O) groups excluding carboxylic acids is 3. The molecule has 0 spiro atoms. The van der Waals surface area contributed by atoms with Crippen LogP contribution in [0.15, 0.2) is 48.5 Å². The molecule has 0 radical (unpaired) electrons. The molecule has 1 saturated heterocycles. The Kier molecular flexibility index (Phi) is 8.14. The predicted molar refractivity (Wildman–Crippen MR) is 128 cm³/mol. The van der Waals surface area contributed by atoms with Crippen LogP contribution in [0.4, 0.5) is 0 Å². The summed E-state index contributed by atoms with van der Waals surface area (Å²) in [6.45, 7) is 3.28. The van der Waals surface area contributed by atoms with Gasteiger partial charge in [0, 0.05) is 43.9 Å². The Hall–Kier alpha value is -3.39. The third-order valence-corrected chi connectivity index (χ3v) is 6.09. The molecule has 8 nitrogen and oxygen atoms in total. The van der Waals surface area contributed by atoms with Gasteiger partial charge >= 0.3 is 0 Å². The zero-order chi connectivity index (χ0) is 23.8. The second-order valence-electron chi connectivity index (χ2n) is 8.75. The maximum Gasteiger partial charge on any atom is 0.254 e. The van der Waals surface area contributed by atoms with Crippen LogP contribution in [0.3, 0.4) is 0 Å². The zero-order valence-corrected chi connectivity index (χ0v) is 19.4. The highest BCUT2D eigenvalue weighted by Crippen LogP contribution is 2.27. The van der Waals surface area contributed by atoms with Crippen molar-refractivity contribution in [2.24, 2.45) is 0 Å². The summed E-state index contributed by atoms with van der Waals surface area (Å²) in [6, 6.07) is 15.5. The molecule has 180 valence electrons. The molecule has 0 atom stereocenters. The van der Waals surface area contributed by atoms with E-state index < -0.39 is 0 Å². The Morgan fingerprint density at radius 2 is 1.65 bits per heavy atom. The van der Waals surface area contributed by atoms with E-state index in [2.05, 4.69) is 10.6 Å². The fourth-order valence-corrected chi connectivity index (χ4v) is 4.35. The van der Waals surface area contributed by atoms with E-state index in [1.54, 1.807) is 11.0 Å². The summed E-state index contributed by atoms with van der Waals surface area (Å²) in [6.07, 6.45) is 2.72. The first-order valence-corrected chi connectivity index (χ1v) is 11.9. The number of ether oxygens (including phenoxy) is 1. The van der Waals surface area contributed by atoms with Gasteiger partial charge in [0.05, 0.1) is 19.7 Å². The minimum Gasteiger partial charge on any atom is -0.493 e. The lowest BCUT2D eigenvalue weighted by atomic mass is 10.0. The van der Waals surface area contributed by atoms with Gasteiger partial charge in [-0.05, 0) is 37.0 Å². The van der Waals surface area contributed by atoms with Crippen molar-refractivity contribution in [3.05, 3.63) is 65.2 Å². The van der Waals surface area contributed by atoms with Crippen LogP contribution in [-0.2, 0) is 22.7 Å². The Labute approximate surface area is 200 Å². The maximum absolute atomic E-state index is 13.5. The van der Waals surface area contributed by atoms with Crippen LogP contribution >= 0.6 is 0 Å². The highest BCUT2D eigenvalue weighted by atomic mass is 16.5. The maximum atomic E-state index is 13.5. The summed E-state index contributed by atoms with van der Waals surface area (Å²) in [5.41, 5.74) is 2.35. The van der Waals surface area contributed by atoms with Gasteiger partial charge in [-0.2, -0.15) is 0 Å². The van der Waals surface area contributed by atoms with Crippen LogP contribution in [0, 0.1) is 0 Å². The van der Waals surface area contributed by atoms with Gasteiger partial charge in [-0.1, -0.05) is 36.4 Å². The van der Waals surface area contributed by atoms with Crippen molar-refractivity contribution in [3.8, 4) is 5.75 Å². The number of carbonyl (C=O) groups is 3. The topological polar surface area (TPSA) is 91.0 Å². The van der Waals surface area contributed by atoms with Gasteiger partial charge in [0.1, 0.15) is 5.75 Å². The van der Waals surface area contributed by atoms with Gasteiger partial charge in [0.15, 0.2) is 0 Å². The Morgan fingerprint density at radius 3 is 2.47 bits per heavy atom. The molecule has 3 amide bonds. The second kappa shape index (κ2) is 11.7. The number of rotatable bonds is 3. The summed E-state index contributed by atoms with van der Waals surface area (Å²) < 4.78 is 6.14. The van der Waals surface area contributed by atoms with Crippen molar-refractivity contribution in [3.63, 3.8) is 0 Å². The number of amides is 3. The van der Waals surface area contributed by atoms with Crippen LogP contribution in [0.5, 0.6) is 5.75 Å². The third kappa shape index (κ3) is 6.35. The van der Waals surface area contributed by atoms with Gasteiger partial charge in [-0.15, -0.1) is 0 Å². The molecule has 0 aromatic heterocycles. The normalized spacial score (nSPS) is 18.3. The average molecular weight is 465 g/mol. The number of hydrogen-bond acceptors (Lipinski definition) is 5. The molecule has 2 aromatic carbocycles. The molecule has 0 unspecified atom stereocenters. The van der Waals surface area contributed by atoms with E-state index in [-0.39, 0.29) is 30.8 Å². The van der Waals surface area contributed by atoms with Crippen LogP contribution in [0.2, 0.25) is 0 Å². The molecule has 4 rings (SSSR count). The third-order valence-electron chi connectivity index (χ3n) is 6.09. The molecule has 2 aromatic rings. The lowest BCUT2D eigenvalue weighted by Crippen LogP contribution is -2.50. The summed E-state index contributed by atoms with van der Waals surface area (Å²) in [7, 11) is 0. The number of piperazine rings is 1. The molecule has 1 fully saturated rings. The minimum absolute atomic E-state index is 0.0332. The molecule has 2 N–H and O–H groups in total. The summed E-state index contributed by atoms with van der Waals surface area (Å²) >= 11 is 0. The summed E-state index contributed by atoms with van der Waals surface area (Å²) in [4.78, 5) is 41.7. The van der Waals surface area contributed by atoms with Gasteiger partial charge in [0.25, 0.3) is 5.91 Å². The standard InChI is InChI=1S/C26H32N4O4/c31-24-18-29(16-20-8-3-1-4-9-20)17-22-21(26(33)30-14-13-28-25(32)19-30)10-7-11-23(22)34-15-6-2-5-12-27-24/h1,3-4,7-11H,2,5-6,12-19H2,(H,27,31)(H,28,32). The largest absolute Gasteiger partial charge is 0.493 e. The highest BCUT2D eigenvalue weighted by Gasteiger charge is 2.27. The van der Waals surface area contributed by atoms with Crippen LogP contribution in [-0.4, -0.2) is 66.9 Å². The molecule has 2 aliphatic rings. The Balaban J connectivity index is 1.67. The minimum atomic E-state index is -0.191. The van der Waals surface area contributed by atoms with Gasteiger partial charge in [-0.3, -0.25) is 19.3 Å². The van der Waals surface area contributed by atoms with Crippen molar-refractivity contribution < 1.29 is 19.1 Å². The SMILES string of the molecule is O=C1CN(Cc2ccccc2)Cc2c(cccc2C(=O)N2CCNC(=O)C2)OCCCCCN1. The van der Waals surface area contributed by atoms with Crippen LogP contribution < -0.4 is 15.4 Å². The molecule has 2 heterocycles. The van der Waals surface area contributed by atoms with E-state index in [1.165, 1.54) is 0 Å². The van der Waals surface area contributed by atoms with Crippen molar-refractivity contribution in [2.75, 3.05) is 39.3 Å². The first-order valence-electron chi connectivity index (χ1n) is 11.9. The van der Waals surface area contributed by atoms with E-state index in [4.69, 9.17) is 4.74 Å². The van der Waals surface area contributed by atoms with E-state index in [1.807, 2.05) is 47.4 Å². The monoisotopic (exact) mass is 464 g/mol. The molecule has 0 bridgehead atoms. The smallest absolute Gasteiger partial charge is 0.254 e. The van der Waals surface area contributed by atoms with Crippen molar-refractivity contribution in [2.45, 2.75) is 32.4 Å². The lowest BCUT2D eigenvalue weighted by molar-refractivity contribution is -0.123. The predicted octanol–water partition coefficient (Wildman–Crippen LogP) is 1.94. The van der Waals surface area contributed by atoms with E-state index in [9.17, 15) is 14.4 Å². The van der Waals surface area contributed by atoms with E-state index in [0.717, 1.165) is 30.4 Å². The summed E-state index contributed by atoms with van der Waals surface area (Å²) in [5, 5.41) is 5.78. The van der Waals surface area contributed by atoms with Crippen molar-refractivity contribution in [1.82, 2.24) is 20.4 Å². The number of fused-ring (bicyclic) bond motifs is 1. The van der Waals surface area contributed by atoms with Gasteiger partial charge in [-0.25, -0.2) is 0 Å².